The van der Waals surface area contributed by atoms with Crippen LogP contribution in [-0.4, -0.2) is 31.2 Å². The molecule has 1 heterocycles. The van der Waals surface area contributed by atoms with Crippen LogP contribution in [0.15, 0.2) is 66.9 Å². The van der Waals surface area contributed by atoms with Gasteiger partial charge in [0, 0.05) is 24.1 Å². The van der Waals surface area contributed by atoms with Crippen molar-refractivity contribution >= 4 is 17.3 Å². The number of anilines is 2. The number of nitriles is 1. The third kappa shape index (κ3) is 5.71. The van der Waals surface area contributed by atoms with Crippen LogP contribution in [-0.2, 0) is 0 Å². The molecule has 3 aromatic rings. The minimum Gasteiger partial charge on any atom is -0.497 e. The SMILES string of the molecule is COc1ccc(OCCNc2ccnc(C(=O)Nc3ccc(C#N)cc3)c2)cc1. The van der Waals surface area contributed by atoms with E-state index in [-0.39, 0.29) is 11.6 Å². The molecule has 0 aliphatic carbocycles. The lowest BCUT2D eigenvalue weighted by atomic mass is 10.2. The smallest absolute Gasteiger partial charge is 0.274 e. The number of benzene rings is 2. The van der Waals surface area contributed by atoms with Crippen molar-refractivity contribution in [1.29, 1.82) is 5.26 Å². The Balaban J connectivity index is 1.50. The van der Waals surface area contributed by atoms with E-state index < -0.39 is 0 Å². The molecular weight excluding hydrogens is 368 g/mol. The maximum absolute atomic E-state index is 12.4. The molecule has 146 valence electrons. The van der Waals surface area contributed by atoms with Gasteiger partial charge in [0.15, 0.2) is 0 Å². The first-order valence-corrected chi connectivity index (χ1v) is 8.96. The topological polar surface area (TPSA) is 96.3 Å². The van der Waals surface area contributed by atoms with Crippen LogP contribution in [0, 0.1) is 11.3 Å². The van der Waals surface area contributed by atoms with Gasteiger partial charge in [-0.2, -0.15) is 5.26 Å². The molecule has 3 rings (SSSR count). The van der Waals surface area contributed by atoms with Crippen molar-refractivity contribution in [2.75, 3.05) is 30.9 Å². The van der Waals surface area contributed by atoms with E-state index in [4.69, 9.17) is 14.7 Å². The highest BCUT2D eigenvalue weighted by atomic mass is 16.5. The molecule has 0 saturated heterocycles. The number of ether oxygens (including phenoxy) is 2. The minimum atomic E-state index is -0.326. The predicted octanol–water partition coefficient (Wildman–Crippen LogP) is 3.71. The number of amides is 1. The number of carbonyl (C=O) groups is 1. The molecule has 0 aliphatic heterocycles. The number of aromatic nitrogens is 1. The van der Waals surface area contributed by atoms with Crippen molar-refractivity contribution in [2.45, 2.75) is 0 Å². The van der Waals surface area contributed by atoms with E-state index >= 15 is 0 Å². The second-order valence-corrected chi connectivity index (χ2v) is 6.02. The highest BCUT2D eigenvalue weighted by molar-refractivity contribution is 6.03. The molecule has 2 N–H and O–H groups in total. The van der Waals surface area contributed by atoms with Crippen molar-refractivity contribution in [2.24, 2.45) is 0 Å². The number of rotatable bonds is 8. The van der Waals surface area contributed by atoms with E-state index in [2.05, 4.69) is 15.6 Å². The van der Waals surface area contributed by atoms with Crippen molar-refractivity contribution in [1.82, 2.24) is 4.98 Å². The van der Waals surface area contributed by atoms with Gasteiger partial charge >= 0.3 is 0 Å². The quantitative estimate of drug-likeness (QED) is 0.571. The van der Waals surface area contributed by atoms with E-state index in [0.717, 1.165) is 17.2 Å². The summed E-state index contributed by atoms with van der Waals surface area (Å²) in [7, 11) is 1.62. The number of carbonyl (C=O) groups excluding carboxylic acids is 1. The predicted molar refractivity (Wildman–Crippen MR) is 110 cm³/mol. The van der Waals surface area contributed by atoms with Crippen LogP contribution >= 0.6 is 0 Å². The fourth-order valence-corrected chi connectivity index (χ4v) is 2.52. The van der Waals surface area contributed by atoms with Gasteiger partial charge in [0.1, 0.15) is 23.8 Å². The Hall–Kier alpha value is -4.05. The first-order chi connectivity index (χ1) is 14.2. The van der Waals surface area contributed by atoms with Gasteiger partial charge in [0.2, 0.25) is 0 Å². The molecule has 0 radical (unpaired) electrons. The summed E-state index contributed by atoms with van der Waals surface area (Å²) in [4.78, 5) is 16.5. The average Bonchev–Trinajstić information content (AvgIpc) is 2.78. The van der Waals surface area contributed by atoms with Gasteiger partial charge in [0.05, 0.1) is 18.7 Å². The lowest BCUT2D eigenvalue weighted by Crippen LogP contribution is -2.15. The van der Waals surface area contributed by atoms with E-state index in [1.807, 2.05) is 30.3 Å². The first-order valence-electron chi connectivity index (χ1n) is 8.96. The van der Waals surface area contributed by atoms with Crippen LogP contribution in [0.1, 0.15) is 16.1 Å². The zero-order valence-electron chi connectivity index (χ0n) is 15.9. The average molecular weight is 388 g/mol. The number of hydrogen-bond donors (Lipinski definition) is 2. The summed E-state index contributed by atoms with van der Waals surface area (Å²) in [6, 6.07) is 19.5. The van der Waals surface area contributed by atoms with Crippen molar-refractivity contribution in [3.05, 3.63) is 78.1 Å². The number of pyridine rings is 1. The molecule has 1 aromatic heterocycles. The van der Waals surface area contributed by atoms with Crippen molar-refractivity contribution in [3.63, 3.8) is 0 Å². The summed E-state index contributed by atoms with van der Waals surface area (Å²) in [5.74, 6) is 1.21. The van der Waals surface area contributed by atoms with Crippen LogP contribution in [0.3, 0.4) is 0 Å². The maximum Gasteiger partial charge on any atom is 0.274 e. The highest BCUT2D eigenvalue weighted by Crippen LogP contribution is 2.17. The fraction of sp³-hybridized carbons (Fsp3) is 0.136. The fourth-order valence-electron chi connectivity index (χ4n) is 2.52. The van der Waals surface area contributed by atoms with Crippen LogP contribution in [0.25, 0.3) is 0 Å². The van der Waals surface area contributed by atoms with E-state index in [1.165, 1.54) is 0 Å². The first kappa shape index (κ1) is 19.7. The molecule has 29 heavy (non-hydrogen) atoms. The molecular formula is C22H20N4O3. The van der Waals surface area contributed by atoms with Gasteiger partial charge in [-0.15, -0.1) is 0 Å². The van der Waals surface area contributed by atoms with E-state index in [1.54, 1.807) is 49.7 Å². The standard InChI is InChI=1S/C22H20N4O3/c1-28-19-6-8-20(9-7-19)29-13-12-24-18-10-11-25-21(14-18)22(27)26-17-4-2-16(15-23)3-5-17/h2-11,14H,12-13H2,1H3,(H,24,25)(H,26,27). The molecule has 0 bridgehead atoms. The molecule has 2 aromatic carbocycles. The normalized spacial score (nSPS) is 9.93. The van der Waals surface area contributed by atoms with Gasteiger partial charge < -0.3 is 20.1 Å². The Kier molecular flexibility index (Phi) is 6.63. The number of hydrogen-bond acceptors (Lipinski definition) is 6. The molecule has 1 amide bonds. The largest absolute Gasteiger partial charge is 0.497 e. The molecule has 0 fully saturated rings. The molecule has 7 nitrogen and oxygen atoms in total. The van der Waals surface area contributed by atoms with Gasteiger partial charge in [0.25, 0.3) is 5.91 Å². The van der Waals surface area contributed by atoms with Gasteiger partial charge in [-0.05, 0) is 60.7 Å². The van der Waals surface area contributed by atoms with Crippen LogP contribution in [0.5, 0.6) is 11.5 Å². The summed E-state index contributed by atoms with van der Waals surface area (Å²) in [6.07, 6.45) is 1.57. The molecule has 0 atom stereocenters. The van der Waals surface area contributed by atoms with E-state index in [0.29, 0.717) is 24.4 Å². The number of nitrogens with one attached hydrogen (secondary N) is 2. The van der Waals surface area contributed by atoms with Crippen molar-refractivity contribution < 1.29 is 14.3 Å². The lowest BCUT2D eigenvalue weighted by molar-refractivity contribution is 0.102. The Labute approximate surface area is 168 Å². The Morgan fingerprint density at radius 1 is 1.03 bits per heavy atom. The molecule has 0 spiro atoms. The molecule has 0 saturated carbocycles. The summed E-state index contributed by atoms with van der Waals surface area (Å²) < 4.78 is 10.8. The molecule has 0 aliphatic rings. The second kappa shape index (κ2) is 9.76. The summed E-state index contributed by atoms with van der Waals surface area (Å²) in [6.45, 7) is 1.02. The zero-order chi connectivity index (χ0) is 20.5. The van der Waals surface area contributed by atoms with Crippen LogP contribution < -0.4 is 20.1 Å². The third-order valence-electron chi connectivity index (χ3n) is 4.02. The van der Waals surface area contributed by atoms with Crippen LogP contribution in [0.2, 0.25) is 0 Å². The van der Waals surface area contributed by atoms with Crippen molar-refractivity contribution in [3.8, 4) is 17.6 Å². The van der Waals surface area contributed by atoms with Gasteiger partial charge in [-0.3, -0.25) is 9.78 Å². The van der Waals surface area contributed by atoms with Gasteiger partial charge in [-0.1, -0.05) is 0 Å². The maximum atomic E-state index is 12.4. The third-order valence-corrected chi connectivity index (χ3v) is 4.02. The Bertz CT molecular complexity index is 996. The van der Waals surface area contributed by atoms with Crippen LogP contribution in [0.4, 0.5) is 11.4 Å². The zero-order valence-corrected chi connectivity index (χ0v) is 15.9. The number of nitrogens with zero attached hydrogens (tertiary/aromatic N) is 2. The second-order valence-electron chi connectivity index (χ2n) is 6.02. The Morgan fingerprint density at radius 3 is 2.45 bits per heavy atom. The Morgan fingerprint density at radius 2 is 1.76 bits per heavy atom. The summed E-state index contributed by atoms with van der Waals surface area (Å²) in [5.41, 5.74) is 2.19. The minimum absolute atomic E-state index is 0.287. The lowest BCUT2D eigenvalue weighted by Gasteiger charge is -2.10. The van der Waals surface area contributed by atoms with E-state index in [9.17, 15) is 4.79 Å². The number of methoxy groups -OCH3 is 1. The van der Waals surface area contributed by atoms with Gasteiger partial charge in [-0.25, -0.2) is 0 Å². The molecule has 7 heteroatoms. The summed E-state index contributed by atoms with van der Waals surface area (Å²) in [5, 5.41) is 14.8. The summed E-state index contributed by atoms with van der Waals surface area (Å²) >= 11 is 0. The highest BCUT2D eigenvalue weighted by Gasteiger charge is 2.08. The monoisotopic (exact) mass is 388 g/mol. The molecule has 0 unspecified atom stereocenters.